The van der Waals surface area contributed by atoms with Crippen molar-refractivity contribution in [2.24, 2.45) is 0 Å². The minimum Gasteiger partial charge on any atom is -0.468 e. The molecule has 3 aromatic rings. The Labute approximate surface area is 174 Å². The lowest BCUT2D eigenvalue weighted by Crippen LogP contribution is -2.42. The minimum absolute atomic E-state index is 0.0797. The molecule has 156 valence electrons. The van der Waals surface area contributed by atoms with Gasteiger partial charge < -0.3 is 15.1 Å². The van der Waals surface area contributed by atoms with Gasteiger partial charge in [0, 0.05) is 12.7 Å². The van der Waals surface area contributed by atoms with E-state index in [0.717, 1.165) is 5.56 Å². The van der Waals surface area contributed by atoms with Gasteiger partial charge in [-0.25, -0.2) is 8.42 Å². The summed E-state index contributed by atoms with van der Waals surface area (Å²) in [4.78, 5) is 28.4. The number of aromatic nitrogens is 1. The van der Waals surface area contributed by atoms with E-state index >= 15 is 0 Å². The third-order valence-electron chi connectivity index (χ3n) is 4.40. The molecule has 2 heterocycles. The second-order valence-corrected chi connectivity index (χ2v) is 8.71. The van der Waals surface area contributed by atoms with E-state index < -0.39 is 26.9 Å². The molecular weight excluding hydrogens is 406 g/mol. The lowest BCUT2D eigenvalue weighted by atomic mass is 10.2. The van der Waals surface area contributed by atoms with Crippen LogP contribution in [0.2, 0.25) is 0 Å². The number of carbonyl (C=O) groups excluding carboxylic acids is 2. The summed E-state index contributed by atoms with van der Waals surface area (Å²) < 4.78 is 31.5. The van der Waals surface area contributed by atoms with E-state index in [1.165, 1.54) is 24.5 Å². The molecule has 0 aliphatic heterocycles. The first-order chi connectivity index (χ1) is 14.4. The van der Waals surface area contributed by atoms with E-state index in [4.69, 9.17) is 4.42 Å². The summed E-state index contributed by atoms with van der Waals surface area (Å²) in [5, 5.41) is 3.65. The van der Waals surface area contributed by atoms with Crippen molar-refractivity contribution in [2.75, 3.05) is 6.54 Å². The summed E-state index contributed by atoms with van der Waals surface area (Å²) in [7, 11) is -3.87. The van der Waals surface area contributed by atoms with Crippen LogP contribution in [0.15, 0.2) is 76.4 Å². The van der Waals surface area contributed by atoms with Gasteiger partial charge in [0.25, 0.3) is 0 Å². The molecule has 0 fully saturated rings. The Hall–Kier alpha value is -3.46. The number of hydrogen-bond donors (Lipinski definition) is 2. The number of benzene rings is 1. The topological polar surface area (TPSA) is 118 Å². The fraction of sp³-hybridized carbons (Fsp3) is 0.190. The maximum atomic E-state index is 13.1. The van der Waals surface area contributed by atoms with Crippen molar-refractivity contribution in [3.05, 3.63) is 84.1 Å². The predicted octanol–water partition coefficient (Wildman–Crippen LogP) is 1.93. The zero-order chi connectivity index (χ0) is 21.6. The lowest BCUT2D eigenvalue weighted by molar-refractivity contribution is -0.139. The molecule has 2 amide bonds. The molecule has 0 radical (unpaired) electrons. The molecule has 0 spiro atoms. The highest BCUT2D eigenvalue weighted by Gasteiger charge is 2.32. The second kappa shape index (κ2) is 9.36. The van der Waals surface area contributed by atoms with Gasteiger partial charge in [-0.2, -0.15) is 0 Å². The summed E-state index contributed by atoms with van der Waals surface area (Å²) in [5.41, 5.74) is 1.51. The quantitative estimate of drug-likeness (QED) is 0.556. The summed E-state index contributed by atoms with van der Waals surface area (Å²) in [5.74, 6) is -1.65. The molecule has 1 aromatic carbocycles. The molecule has 0 saturated carbocycles. The zero-order valence-electron chi connectivity index (χ0n) is 16.2. The van der Waals surface area contributed by atoms with Gasteiger partial charge in [-0.1, -0.05) is 23.8 Å². The third kappa shape index (κ3) is 5.12. The third-order valence-corrected chi connectivity index (χ3v) is 6.47. The van der Waals surface area contributed by atoms with E-state index in [-0.39, 0.29) is 23.7 Å². The molecular formula is C21H21N3O5S. The maximum Gasteiger partial charge on any atom is 0.309 e. The Morgan fingerprint density at radius 3 is 2.37 bits per heavy atom. The van der Waals surface area contributed by atoms with Crippen LogP contribution in [0.4, 0.5) is 0 Å². The lowest BCUT2D eigenvalue weighted by Gasteiger charge is -2.16. The largest absolute Gasteiger partial charge is 0.468 e. The average molecular weight is 427 g/mol. The number of nitrogens with one attached hydrogen (secondary N) is 2. The first-order valence-corrected chi connectivity index (χ1v) is 10.7. The van der Waals surface area contributed by atoms with Gasteiger partial charge in [0.1, 0.15) is 11.0 Å². The molecule has 0 bridgehead atoms. The average Bonchev–Trinajstić information content (AvgIpc) is 3.27. The van der Waals surface area contributed by atoms with E-state index in [1.54, 1.807) is 42.6 Å². The number of hydrogen-bond acceptors (Lipinski definition) is 6. The molecule has 0 aliphatic carbocycles. The molecule has 2 N–H and O–H groups in total. The first kappa shape index (κ1) is 21.3. The highest BCUT2D eigenvalue weighted by molar-refractivity contribution is 7.91. The number of furan rings is 1. The second-order valence-electron chi connectivity index (χ2n) is 6.58. The van der Waals surface area contributed by atoms with Crippen LogP contribution in [0, 0.1) is 6.92 Å². The summed E-state index contributed by atoms with van der Waals surface area (Å²) in [6.07, 6.45) is 2.93. The highest BCUT2D eigenvalue weighted by atomic mass is 32.2. The standard InChI is InChI=1S/C21H21N3O5S/c1-15-7-9-17(10-8-15)30(27,28)19(18-6-4-12-29-18)14-24-21(26)20(25)23-13-16-5-2-3-11-22-16/h2-12,19H,13-14H2,1H3,(H,23,25)(H,24,26). The van der Waals surface area contributed by atoms with Gasteiger partial charge in [0.05, 0.1) is 23.4 Å². The highest BCUT2D eigenvalue weighted by Crippen LogP contribution is 2.29. The van der Waals surface area contributed by atoms with Gasteiger partial charge >= 0.3 is 11.8 Å². The molecule has 0 saturated heterocycles. The van der Waals surface area contributed by atoms with Crippen molar-refractivity contribution in [2.45, 2.75) is 23.6 Å². The summed E-state index contributed by atoms with van der Waals surface area (Å²) >= 11 is 0. The Morgan fingerprint density at radius 2 is 1.73 bits per heavy atom. The molecule has 1 unspecified atom stereocenters. The molecule has 1 atom stereocenters. The van der Waals surface area contributed by atoms with Crippen molar-refractivity contribution in [1.29, 1.82) is 0 Å². The van der Waals surface area contributed by atoms with E-state index in [2.05, 4.69) is 15.6 Å². The van der Waals surface area contributed by atoms with Crippen LogP contribution >= 0.6 is 0 Å². The van der Waals surface area contributed by atoms with Gasteiger partial charge in [0.2, 0.25) is 0 Å². The molecule has 30 heavy (non-hydrogen) atoms. The Morgan fingerprint density at radius 1 is 1.00 bits per heavy atom. The number of amides is 2. The fourth-order valence-electron chi connectivity index (χ4n) is 2.75. The normalized spacial score (nSPS) is 12.2. The smallest absolute Gasteiger partial charge is 0.309 e. The van der Waals surface area contributed by atoms with E-state index in [1.807, 2.05) is 6.92 Å². The van der Waals surface area contributed by atoms with Crippen LogP contribution in [0.25, 0.3) is 0 Å². The van der Waals surface area contributed by atoms with Crippen LogP contribution in [-0.4, -0.2) is 31.8 Å². The Kier molecular flexibility index (Phi) is 6.63. The number of sulfone groups is 1. The predicted molar refractivity (Wildman–Crippen MR) is 109 cm³/mol. The van der Waals surface area contributed by atoms with Crippen molar-refractivity contribution in [3.63, 3.8) is 0 Å². The fourth-order valence-corrected chi connectivity index (χ4v) is 4.34. The van der Waals surface area contributed by atoms with Crippen molar-refractivity contribution < 1.29 is 22.4 Å². The number of carbonyl (C=O) groups is 2. The van der Waals surface area contributed by atoms with Crippen LogP contribution in [0.3, 0.4) is 0 Å². The van der Waals surface area contributed by atoms with E-state index in [0.29, 0.717) is 5.69 Å². The Balaban J connectivity index is 1.69. The number of rotatable bonds is 7. The van der Waals surface area contributed by atoms with Gasteiger partial charge in [-0.3, -0.25) is 14.6 Å². The van der Waals surface area contributed by atoms with Crippen molar-refractivity contribution in [1.82, 2.24) is 15.6 Å². The molecule has 9 heteroatoms. The monoisotopic (exact) mass is 427 g/mol. The SMILES string of the molecule is Cc1ccc(S(=O)(=O)C(CNC(=O)C(=O)NCc2ccccn2)c2ccco2)cc1. The molecule has 0 aliphatic rings. The molecule has 2 aromatic heterocycles. The van der Waals surface area contributed by atoms with Crippen LogP contribution in [-0.2, 0) is 26.0 Å². The maximum absolute atomic E-state index is 13.1. The van der Waals surface area contributed by atoms with Gasteiger partial charge in [0.15, 0.2) is 9.84 Å². The van der Waals surface area contributed by atoms with Crippen LogP contribution < -0.4 is 10.6 Å². The molecule has 8 nitrogen and oxygen atoms in total. The van der Waals surface area contributed by atoms with E-state index in [9.17, 15) is 18.0 Å². The van der Waals surface area contributed by atoms with Crippen LogP contribution in [0.5, 0.6) is 0 Å². The van der Waals surface area contributed by atoms with Crippen molar-refractivity contribution >= 4 is 21.7 Å². The summed E-state index contributed by atoms with van der Waals surface area (Å²) in [6, 6.07) is 14.7. The Bertz CT molecular complexity index is 1100. The zero-order valence-corrected chi connectivity index (χ0v) is 17.1. The summed E-state index contributed by atoms with van der Waals surface area (Å²) in [6.45, 7) is 1.61. The van der Waals surface area contributed by atoms with Crippen molar-refractivity contribution in [3.8, 4) is 0 Å². The number of pyridine rings is 1. The van der Waals surface area contributed by atoms with Gasteiger partial charge in [-0.15, -0.1) is 0 Å². The van der Waals surface area contributed by atoms with Crippen LogP contribution in [0.1, 0.15) is 22.3 Å². The number of nitrogens with zero attached hydrogens (tertiary/aromatic N) is 1. The van der Waals surface area contributed by atoms with Gasteiger partial charge in [-0.05, 0) is 43.3 Å². The first-order valence-electron chi connectivity index (χ1n) is 9.18. The number of aryl methyl sites for hydroxylation is 1. The molecule has 3 rings (SSSR count). The minimum atomic E-state index is -3.87.